The number of nitrogens with zero attached hydrogens (tertiary/aromatic N) is 2. The molecule has 0 unspecified atom stereocenters. The Hall–Kier alpha value is -2.77. The van der Waals surface area contributed by atoms with E-state index in [1.807, 2.05) is 0 Å². The topological polar surface area (TPSA) is 56.2 Å². The smallest absolute Gasteiger partial charge is 0.416 e. The number of amides is 1. The van der Waals surface area contributed by atoms with Gasteiger partial charge in [-0.25, -0.2) is 4.68 Å². The van der Waals surface area contributed by atoms with Crippen LogP contribution in [0.25, 0.3) is 5.69 Å². The Balaban J connectivity index is 2.39. The van der Waals surface area contributed by atoms with Gasteiger partial charge in [-0.05, 0) is 18.2 Å². The summed E-state index contributed by atoms with van der Waals surface area (Å²) in [6.45, 7) is 3.71. The summed E-state index contributed by atoms with van der Waals surface area (Å²) in [6.07, 6.45) is -1.62. The molecule has 0 atom stereocenters. The van der Waals surface area contributed by atoms with Crippen LogP contribution < -0.4 is 10.1 Å². The maximum absolute atomic E-state index is 12.8. The van der Waals surface area contributed by atoms with E-state index < -0.39 is 17.6 Å². The minimum Gasteiger partial charge on any atom is -0.493 e. The van der Waals surface area contributed by atoms with Crippen molar-refractivity contribution in [3.63, 3.8) is 0 Å². The number of alkyl halides is 3. The fourth-order valence-corrected chi connectivity index (χ4v) is 1.87. The van der Waals surface area contributed by atoms with Crippen molar-refractivity contribution in [3.05, 3.63) is 54.4 Å². The number of halogens is 3. The normalized spacial score (nSPS) is 11.1. The summed E-state index contributed by atoms with van der Waals surface area (Å²) in [5, 5.41) is 6.54. The van der Waals surface area contributed by atoms with Crippen LogP contribution in [0.5, 0.6) is 5.75 Å². The average molecular weight is 325 g/mol. The van der Waals surface area contributed by atoms with E-state index in [4.69, 9.17) is 4.74 Å². The number of carbonyl (C=O) groups excluding carboxylic acids is 1. The molecule has 1 heterocycles. The third-order valence-electron chi connectivity index (χ3n) is 2.96. The molecule has 122 valence electrons. The summed E-state index contributed by atoms with van der Waals surface area (Å²) in [5.74, 6) is -0.351. The van der Waals surface area contributed by atoms with Crippen LogP contribution in [0.15, 0.2) is 43.1 Å². The first-order valence-electron chi connectivity index (χ1n) is 6.57. The van der Waals surface area contributed by atoms with Crippen LogP contribution >= 0.6 is 0 Å². The van der Waals surface area contributed by atoms with Gasteiger partial charge in [0.25, 0.3) is 5.91 Å². The molecule has 0 saturated carbocycles. The van der Waals surface area contributed by atoms with Gasteiger partial charge < -0.3 is 10.1 Å². The molecular weight excluding hydrogens is 311 g/mol. The Kier molecular flexibility index (Phi) is 4.73. The SMILES string of the molecule is C=CCNC(=O)c1nn(-c2cccc(C(F)(F)F)c2)cc1OC. The maximum atomic E-state index is 12.8. The van der Waals surface area contributed by atoms with Gasteiger partial charge in [0.15, 0.2) is 11.4 Å². The van der Waals surface area contributed by atoms with Crippen LogP contribution in [0.3, 0.4) is 0 Å². The summed E-state index contributed by atoms with van der Waals surface area (Å²) >= 11 is 0. The van der Waals surface area contributed by atoms with E-state index in [2.05, 4.69) is 17.0 Å². The lowest BCUT2D eigenvalue weighted by molar-refractivity contribution is -0.137. The Labute approximate surface area is 130 Å². The molecule has 1 aromatic heterocycles. The minimum absolute atomic E-state index is 0.0215. The molecule has 0 spiro atoms. The quantitative estimate of drug-likeness (QED) is 0.860. The van der Waals surface area contributed by atoms with Gasteiger partial charge in [-0.3, -0.25) is 4.79 Å². The van der Waals surface area contributed by atoms with Gasteiger partial charge in [0.2, 0.25) is 0 Å². The van der Waals surface area contributed by atoms with Crippen LogP contribution in [0.4, 0.5) is 13.2 Å². The molecule has 8 heteroatoms. The summed E-state index contributed by atoms with van der Waals surface area (Å²) < 4.78 is 44.5. The Morgan fingerprint density at radius 2 is 2.22 bits per heavy atom. The van der Waals surface area contributed by atoms with Gasteiger partial charge in [-0.1, -0.05) is 12.1 Å². The van der Waals surface area contributed by atoms with Crippen LogP contribution in [-0.2, 0) is 6.18 Å². The van der Waals surface area contributed by atoms with Gasteiger partial charge in [-0.15, -0.1) is 6.58 Å². The molecule has 0 aliphatic heterocycles. The number of benzene rings is 1. The molecule has 0 radical (unpaired) electrons. The summed E-state index contributed by atoms with van der Waals surface area (Å²) in [4.78, 5) is 12.0. The molecule has 1 amide bonds. The third kappa shape index (κ3) is 3.71. The number of nitrogens with one attached hydrogen (secondary N) is 1. The zero-order valence-electron chi connectivity index (χ0n) is 12.2. The molecule has 23 heavy (non-hydrogen) atoms. The van der Waals surface area contributed by atoms with Gasteiger partial charge in [0, 0.05) is 6.54 Å². The zero-order valence-corrected chi connectivity index (χ0v) is 12.2. The highest BCUT2D eigenvalue weighted by Crippen LogP contribution is 2.30. The number of hydrogen-bond acceptors (Lipinski definition) is 3. The van der Waals surface area contributed by atoms with Crippen molar-refractivity contribution in [2.75, 3.05) is 13.7 Å². The number of methoxy groups -OCH3 is 1. The summed E-state index contributed by atoms with van der Waals surface area (Å²) in [5.41, 5.74) is -0.658. The Bertz CT molecular complexity index is 723. The summed E-state index contributed by atoms with van der Waals surface area (Å²) in [7, 11) is 1.35. The van der Waals surface area contributed by atoms with Gasteiger partial charge in [-0.2, -0.15) is 18.3 Å². The van der Waals surface area contributed by atoms with Crippen molar-refractivity contribution in [1.82, 2.24) is 15.1 Å². The lowest BCUT2D eigenvalue weighted by atomic mass is 10.2. The predicted octanol–water partition coefficient (Wildman–Crippen LogP) is 2.82. The van der Waals surface area contributed by atoms with Crippen LogP contribution in [0.2, 0.25) is 0 Å². The summed E-state index contributed by atoms with van der Waals surface area (Å²) in [6, 6.07) is 4.62. The highest BCUT2D eigenvalue weighted by atomic mass is 19.4. The van der Waals surface area contributed by atoms with Crippen molar-refractivity contribution < 1.29 is 22.7 Å². The highest BCUT2D eigenvalue weighted by Gasteiger charge is 2.30. The van der Waals surface area contributed by atoms with Crippen LogP contribution in [0.1, 0.15) is 16.1 Å². The maximum Gasteiger partial charge on any atom is 0.416 e. The first kappa shape index (κ1) is 16.6. The second-order valence-corrected chi connectivity index (χ2v) is 4.54. The molecule has 2 rings (SSSR count). The molecule has 5 nitrogen and oxygen atoms in total. The zero-order chi connectivity index (χ0) is 17.0. The fraction of sp³-hybridized carbons (Fsp3) is 0.200. The minimum atomic E-state index is -4.46. The van der Waals surface area contributed by atoms with Crippen molar-refractivity contribution in [2.45, 2.75) is 6.18 Å². The first-order chi connectivity index (χ1) is 10.9. The predicted molar refractivity (Wildman–Crippen MR) is 77.6 cm³/mol. The van der Waals surface area contributed by atoms with E-state index in [1.54, 1.807) is 0 Å². The van der Waals surface area contributed by atoms with Crippen LogP contribution in [-0.4, -0.2) is 29.3 Å². The lowest BCUT2D eigenvalue weighted by Crippen LogP contribution is -2.24. The monoisotopic (exact) mass is 325 g/mol. The molecule has 1 N–H and O–H groups in total. The number of carbonyl (C=O) groups is 1. The van der Waals surface area contributed by atoms with Gasteiger partial charge >= 0.3 is 6.18 Å². The number of hydrogen-bond donors (Lipinski definition) is 1. The average Bonchev–Trinajstić information content (AvgIpc) is 2.96. The molecule has 0 aliphatic rings. The molecular formula is C15H14F3N3O2. The molecule has 2 aromatic rings. The van der Waals surface area contributed by atoms with Crippen molar-refractivity contribution in [1.29, 1.82) is 0 Å². The molecule has 0 bridgehead atoms. The van der Waals surface area contributed by atoms with Crippen molar-refractivity contribution >= 4 is 5.91 Å². The Morgan fingerprint density at radius 3 is 2.83 bits per heavy atom. The Morgan fingerprint density at radius 1 is 1.48 bits per heavy atom. The molecule has 0 fully saturated rings. The van der Waals surface area contributed by atoms with E-state index in [9.17, 15) is 18.0 Å². The molecule has 0 saturated heterocycles. The van der Waals surface area contributed by atoms with E-state index in [0.717, 1.165) is 16.8 Å². The van der Waals surface area contributed by atoms with Crippen molar-refractivity contribution in [3.8, 4) is 11.4 Å². The van der Waals surface area contributed by atoms with E-state index in [1.165, 1.54) is 31.5 Å². The third-order valence-corrected chi connectivity index (χ3v) is 2.96. The van der Waals surface area contributed by atoms with Gasteiger partial charge in [0.05, 0.1) is 24.6 Å². The second kappa shape index (κ2) is 6.55. The fourth-order valence-electron chi connectivity index (χ4n) is 1.87. The van der Waals surface area contributed by atoms with E-state index in [-0.39, 0.29) is 23.7 Å². The largest absolute Gasteiger partial charge is 0.493 e. The number of ether oxygens (including phenoxy) is 1. The number of rotatable bonds is 5. The van der Waals surface area contributed by atoms with Gasteiger partial charge in [0.1, 0.15) is 0 Å². The second-order valence-electron chi connectivity index (χ2n) is 4.54. The van der Waals surface area contributed by atoms with Crippen molar-refractivity contribution in [2.24, 2.45) is 0 Å². The van der Waals surface area contributed by atoms with E-state index >= 15 is 0 Å². The molecule has 1 aromatic carbocycles. The van der Waals surface area contributed by atoms with E-state index in [0.29, 0.717) is 0 Å². The molecule has 0 aliphatic carbocycles. The first-order valence-corrected chi connectivity index (χ1v) is 6.57. The lowest BCUT2D eigenvalue weighted by Gasteiger charge is -2.08. The number of aromatic nitrogens is 2. The van der Waals surface area contributed by atoms with Crippen LogP contribution in [0, 0.1) is 0 Å². The standard InChI is InChI=1S/C15H14F3N3O2/c1-3-7-19-14(22)13-12(23-2)9-21(20-13)11-6-4-5-10(8-11)15(16,17)18/h3-6,8-9H,1,7H2,2H3,(H,19,22). The highest BCUT2D eigenvalue weighted by molar-refractivity contribution is 5.95.